The summed E-state index contributed by atoms with van der Waals surface area (Å²) < 4.78 is 24.7. The normalized spacial score (nSPS) is 24.4. The zero-order valence-corrected chi connectivity index (χ0v) is 25.6. The summed E-state index contributed by atoms with van der Waals surface area (Å²) in [5.74, 6) is -0.936. The Hall–Kier alpha value is -3.37. The minimum atomic E-state index is -3.32. The summed E-state index contributed by atoms with van der Waals surface area (Å²) in [5.41, 5.74) is 1.92. The Bertz CT molecular complexity index is 1580. The van der Waals surface area contributed by atoms with Crippen LogP contribution in [0, 0.1) is 5.92 Å². The summed E-state index contributed by atoms with van der Waals surface area (Å²) in [6.45, 7) is 5.65. The molecule has 0 saturated carbocycles. The van der Waals surface area contributed by atoms with E-state index >= 15 is 4.11 Å². The number of anilines is 2. The van der Waals surface area contributed by atoms with E-state index in [9.17, 15) is 9.90 Å². The van der Waals surface area contributed by atoms with Gasteiger partial charge in [-0.2, -0.15) is 0 Å². The molecule has 1 aromatic heterocycles. The van der Waals surface area contributed by atoms with Crippen LogP contribution in [0.4, 0.5) is 15.5 Å². The Balaban J connectivity index is 1.32. The second kappa shape index (κ2) is 11.0. The average molecular weight is 605 g/mol. The summed E-state index contributed by atoms with van der Waals surface area (Å²) in [6, 6.07) is 24.5. The second-order valence-corrected chi connectivity index (χ2v) is 16.0. The number of ether oxygens (including phenoxy) is 1. The van der Waals surface area contributed by atoms with Crippen LogP contribution in [0.3, 0.4) is 0 Å². The molecule has 1 N–H and O–H groups in total. The predicted octanol–water partition coefficient (Wildman–Crippen LogP) is 6.60. The molecule has 6 rings (SSSR count). The lowest BCUT2D eigenvalue weighted by atomic mass is 9.82. The van der Waals surface area contributed by atoms with E-state index in [0.29, 0.717) is 34.9 Å². The lowest BCUT2D eigenvalue weighted by Gasteiger charge is -2.31. The summed E-state index contributed by atoms with van der Waals surface area (Å²) in [5, 5.41) is 19.2. The Morgan fingerprint density at radius 3 is 2.45 bits per heavy atom. The minimum Gasteiger partial charge on any atom is -0.395 e. The largest absolute Gasteiger partial charge is 0.395 e. The number of carbonyl (C=O) groups is 1. The molecule has 1 spiro atoms. The van der Waals surface area contributed by atoms with Gasteiger partial charge in [-0.05, 0) is 55.4 Å². The Kier molecular flexibility index (Phi) is 7.55. The highest BCUT2D eigenvalue weighted by molar-refractivity contribution is 6.72. The van der Waals surface area contributed by atoms with Gasteiger partial charge < -0.3 is 14.0 Å². The van der Waals surface area contributed by atoms with Gasteiger partial charge in [0.2, 0.25) is 8.41 Å². The molecule has 2 aliphatic rings. The fraction of sp³-hybridized carbons (Fsp3) is 0.344. The molecule has 1 saturated heterocycles. The minimum absolute atomic E-state index is 0.0970. The van der Waals surface area contributed by atoms with Crippen molar-refractivity contribution in [3.63, 3.8) is 0 Å². The number of para-hydroxylation sites is 1. The van der Waals surface area contributed by atoms with Crippen LogP contribution in [0.25, 0.3) is 0 Å². The van der Waals surface area contributed by atoms with Crippen LogP contribution in [0.5, 0.6) is 0 Å². The van der Waals surface area contributed by atoms with Crippen molar-refractivity contribution in [3.05, 3.63) is 107 Å². The van der Waals surface area contributed by atoms with Crippen molar-refractivity contribution in [2.45, 2.75) is 56.1 Å². The lowest BCUT2D eigenvalue weighted by molar-refractivity contribution is -0.145. The molecule has 218 valence electrons. The molecule has 0 radical (unpaired) electrons. The number of aryl methyl sites for hydroxylation is 1. The molecule has 4 aromatic rings. The van der Waals surface area contributed by atoms with Gasteiger partial charge >= 0.3 is 0 Å². The van der Waals surface area contributed by atoms with Crippen molar-refractivity contribution in [1.29, 1.82) is 0 Å². The third-order valence-electron chi connectivity index (χ3n) is 8.79. The topological polar surface area (TPSA) is 80.5 Å². The molecule has 1 amide bonds. The Morgan fingerprint density at radius 2 is 1.79 bits per heavy atom. The van der Waals surface area contributed by atoms with E-state index in [-0.39, 0.29) is 18.4 Å². The molecule has 1 unspecified atom stereocenters. The molecule has 5 atom stereocenters. The first-order valence-corrected chi connectivity index (χ1v) is 17.6. The summed E-state index contributed by atoms with van der Waals surface area (Å²) in [6.07, 6.45) is 1.75. The molecule has 3 heterocycles. The SMILES string of the molecule is C[C@@H]1[C@@H]([Si](C)(C)F)[C@H](CCn2cc(C(CO)c3ccccc3)nn2)O[C@@]12C(=O)N(c1ccccc1)c1ccc(Cl)cc12. The molecule has 2 aliphatic heterocycles. The van der Waals surface area contributed by atoms with E-state index < -0.39 is 31.6 Å². The van der Waals surface area contributed by atoms with Gasteiger partial charge in [-0.3, -0.25) is 14.4 Å². The first-order chi connectivity index (χ1) is 20.1. The van der Waals surface area contributed by atoms with Crippen LogP contribution in [0.1, 0.15) is 36.1 Å². The summed E-state index contributed by atoms with van der Waals surface area (Å²) >= 11 is 6.47. The van der Waals surface area contributed by atoms with Crippen molar-refractivity contribution < 1.29 is 18.7 Å². The lowest BCUT2D eigenvalue weighted by Crippen LogP contribution is -2.44. The van der Waals surface area contributed by atoms with Gasteiger partial charge in [-0.1, -0.05) is 72.3 Å². The fourth-order valence-electron chi connectivity index (χ4n) is 6.94. The molecule has 3 aromatic carbocycles. The van der Waals surface area contributed by atoms with Crippen molar-refractivity contribution in [3.8, 4) is 0 Å². The number of fused-ring (bicyclic) bond motifs is 2. The molecule has 10 heteroatoms. The number of hydrogen-bond acceptors (Lipinski definition) is 5. The third-order valence-corrected chi connectivity index (χ3v) is 11.5. The Labute approximate surface area is 251 Å². The van der Waals surface area contributed by atoms with Crippen LogP contribution in [-0.4, -0.2) is 47.1 Å². The van der Waals surface area contributed by atoms with Gasteiger partial charge in [-0.25, -0.2) is 0 Å². The third kappa shape index (κ3) is 4.78. The van der Waals surface area contributed by atoms with Gasteiger partial charge in [-0.15, -0.1) is 5.10 Å². The second-order valence-electron chi connectivity index (χ2n) is 11.7. The maximum absolute atomic E-state index is 16.1. The number of carbonyl (C=O) groups excluding carboxylic acids is 1. The molecular formula is C32H34ClFN4O3Si. The Morgan fingerprint density at radius 1 is 1.10 bits per heavy atom. The van der Waals surface area contributed by atoms with Crippen LogP contribution < -0.4 is 4.90 Å². The van der Waals surface area contributed by atoms with Crippen LogP contribution in [-0.2, 0) is 21.7 Å². The number of rotatable bonds is 8. The van der Waals surface area contributed by atoms with Crippen molar-refractivity contribution >= 4 is 37.3 Å². The van der Waals surface area contributed by atoms with Gasteiger partial charge in [0, 0.05) is 40.5 Å². The number of hydrogen-bond donors (Lipinski definition) is 1. The van der Waals surface area contributed by atoms with E-state index in [0.717, 1.165) is 11.3 Å². The zero-order valence-electron chi connectivity index (χ0n) is 23.8. The standard InChI is InChI=1S/C32H34ClFN4O3Si/c1-21-30(42(2,3)34)29(16-17-37-19-27(35-36-37)25(20-39)22-10-6-4-7-11-22)41-32(21)26-18-23(33)14-15-28(26)38(31(32)40)24-12-8-5-9-13-24/h4-15,18-19,21,25,29-30,39H,16-17,20H2,1-3H3/t21-,25?,29+,30-,32+/m1/s1. The van der Waals surface area contributed by atoms with Crippen molar-refractivity contribution in [2.24, 2.45) is 5.92 Å². The average Bonchev–Trinajstić information content (AvgIpc) is 3.63. The van der Waals surface area contributed by atoms with Crippen LogP contribution in [0.15, 0.2) is 85.1 Å². The fourth-order valence-corrected chi connectivity index (χ4v) is 9.66. The van der Waals surface area contributed by atoms with Gasteiger partial charge in [0.25, 0.3) is 5.91 Å². The number of aliphatic hydroxyl groups excluding tert-OH is 1. The smallest absolute Gasteiger partial charge is 0.268 e. The van der Waals surface area contributed by atoms with E-state index in [4.69, 9.17) is 16.3 Å². The maximum Gasteiger partial charge on any atom is 0.268 e. The highest BCUT2D eigenvalue weighted by Gasteiger charge is 2.66. The summed E-state index contributed by atoms with van der Waals surface area (Å²) in [7, 11) is -3.32. The number of amides is 1. The van der Waals surface area contributed by atoms with Gasteiger partial charge in [0.05, 0.1) is 30.0 Å². The van der Waals surface area contributed by atoms with Crippen LogP contribution >= 0.6 is 11.6 Å². The number of aliphatic hydroxyl groups is 1. The number of aromatic nitrogens is 3. The first-order valence-electron chi connectivity index (χ1n) is 14.3. The molecule has 42 heavy (non-hydrogen) atoms. The molecule has 7 nitrogen and oxygen atoms in total. The zero-order chi connectivity index (χ0) is 29.6. The van der Waals surface area contributed by atoms with Crippen molar-refractivity contribution in [1.82, 2.24) is 15.0 Å². The van der Waals surface area contributed by atoms with E-state index in [1.165, 1.54) is 0 Å². The maximum atomic E-state index is 16.1. The first kappa shape index (κ1) is 28.7. The van der Waals surface area contributed by atoms with Gasteiger partial charge in [0.1, 0.15) is 0 Å². The molecule has 0 bridgehead atoms. The van der Waals surface area contributed by atoms with E-state index in [1.807, 2.05) is 79.9 Å². The van der Waals surface area contributed by atoms with Gasteiger partial charge in [0.15, 0.2) is 5.60 Å². The molecular weight excluding hydrogens is 571 g/mol. The predicted molar refractivity (Wildman–Crippen MR) is 163 cm³/mol. The van der Waals surface area contributed by atoms with E-state index in [2.05, 4.69) is 10.3 Å². The molecule has 1 fully saturated rings. The van der Waals surface area contributed by atoms with E-state index in [1.54, 1.807) is 34.8 Å². The monoisotopic (exact) mass is 604 g/mol. The number of nitrogens with zero attached hydrogens (tertiary/aromatic N) is 4. The summed E-state index contributed by atoms with van der Waals surface area (Å²) in [4.78, 5) is 16.1. The highest BCUT2D eigenvalue weighted by Crippen LogP contribution is 2.61. The van der Waals surface area contributed by atoms with Crippen molar-refractivity contribution in [2.75, 3.05) is 11.5 Å². The highest BCUT2D eigenvalue weighted by atomic mass is 35.5. The number of benzene rings is 3. The van der Waals surface area contributed by atoms with Crippen LogP contribution in [0.2, 0.25) is 23.7 Å². The quantitative estimate of drug-likeness (QED) is 0.181. The molecule has 0 aliphatic carbocycles. The number of halogens is 2.